The van der Waals surface area contributed by atoms with Crippen LogP contribution in [0.3, 0.4) is 0 Å². The second-order valence-corrected chi connectivity index (χ2v) is 6.26. The largest absolute Gasteiger partial charge is 0.373 e. The number of nitrogens with zero attached hydrogens (tertiary/aromatic N) is 2. The Morgan fingerprint density at radius 2 is 2.17 bits per heavy atom. The fourth-order valence-corrected chi connectivity index (χ4v) is 3.65. The number of guanidine groups is 1. The second kappa shape index (κ2) is 7.65. The standard InChI is InChI=1S/C18H22N4O.HI/c1-19-18(22-15-10-13-6-7-17(15)23-13)21-11-16-14-5-3-2-4-12(14)8-9-20-16;/h2-5,8-9,13,15,17H,6-7,10-11H2,1H3,(H2,19,21,22);1H. The maximum absolute atomic E-state index is 5.89. The first-order valence-electron chi connectivity index (χ1n) is 8.29. The van der Waals surface area contributed by atoms with Crippen molar-refractivity contribution in [1.29, 1.82) is 0 Å². The van der Waals surface area contributed by atoms with Crippen molar-refractivity contribution in [3.8, 4) is 0 Å². The minimum Gasteiger partial charge on any atom is -0.373 e. The van der Waals surface area contributed by atoms with Crippen molar-refractivity contribution in [2.24, 2.45) is 4.99 Å². The highest BCUT2D eigenvalue weighted by atomic mass is 127. The number of fused-ring (bicyclic) bond motifs is 3. The minimum absolute atomic E-state index is 0. The van der Waals surface area contributed by atoms with Gasteiger partial charge in [-0.1, -0.05) is 24.3 Å². The zero-order valence-electron chi connectivity index (χ0n) is 13.7. The number of hydrogen-bond acceptors (Lipinski definition) is 3. The summed E-state index contributed by atoms with van der Waals surface area (Å²) in [6, 6.07) is 10.7. The van der Waals surface area contributed by atoms with Gasteiger partial charge < -0.3 is 15.4 Å². The molecule has 2 saturated heterocycles. The molecule has 3 heterocycles. The van der Waals surface area contributed by atoms with Crippen molar-refractivity contribution in [1.82, 2.24) is 15.6 Å². The van der Waals surface area contributed by atoms with Gasteiger partial charge in [-0.2, -0.15) is 0 Å². The summed E-state index contributed by atoms with van der Waals surface area (Å²) >= 11 is 0. The van der Waals surface area contributed by atoms with Gasteiger partial charge in [0.1, 0.15) is 0 Å². The third kappa shape index (κ3) is 3.49. The molecule has 0 saturated carbocycles. The fourth-order valence-electron chi connectivity index (χ4n) is 3.65. The smallest absolute Gasteiger partial charge is 0.191 e. The third-order valence-corrected chi connectivity index (χ3v) is 4.83. The number of halogens is 1. The summed E-state index contributed by atoms with van der Waals surface area (Å²) in [5, 5.41) is 9.28. The summed E-state index contributed by atoms with van der Waals surface area (Å²) in [5.41, 5.74) is 1.04. The predicted octanol–water partition coefficient (Wildman–Crippen LogP) is 2.84. The molecule has 2 aliphatic rings. The molecule has 0 amide bonds. The highest BCUT2D eigenvalue weighted by Crippen LogP contribution is 2.34. The van der Waals surface area contributed by atoms with Crippen LogP contribution in [0.5, 0.6) is 0 Å². The molecule has 24 heavy (non-hydrogen) atoms. The molecule has 5 nitrogen and oxygen atoms in total. The van der Waals surface area contributed by atoms with Crippen molar-refractivity contribution >= 4 is 40.7 Å². The van der Waals surface area contributed by atoms with Gasteiger partial charge in [-0.05, 0) is 30.7 Å². The molecule has 1 aromatic heterocycles. The van der Waals surface area contributed by atoms with Crippen LogP contribution in [0.15, 0.2) is 41.5 Å². The molecule has 0 spiro atoms. The molecule has 2 bridgehead atoms. The summed E-state index contributed by atoms with van der Waals surface area (Å²) in [7, 11) is 1.81. The van der Waals surface area contributed by atoms with Crippen molar-refractivity contribution in [3.05, 3.63) is 42.2 Å². The average Bonchev–Trinajstić information content (AvgIpc) is 3.21. The van der Waals surface area contributed by atoms with Gasteiger partial charge in [-0.15, -0.1) is 24.0 Å². The van der Waals surface area contributed by atoms with Crippen LogP contribution in [0, 0.1) is 0 Å². The Morgan fingerprint density at radius 1 is 1.29 bits per heavy atom. The topological polar surface area (TPSA) is 58.5 Å². The van der Waals surface area contributed by atoms with E-state index in [9.17, 15) is 0 Å². The van der Waals surface area contributed by atoms with Gasteiger partial charge in [0.15, 0.2) is 5.96 Å². The maximum atomic E-state index is 5.89. The van der Waals surface area contributed by atoms with Crippen molar-refractivity contribution < 1.29 is 4.74 Å². The number of hydrogen-bond donors (Lipinski definition) is 2. The fraction of sp³-hybridized carbons (Fsp3) is 0.444. The van der Waals surface area contributed by atoms with E-state index in [-0.39, 0.29) is 24.0 Å². The van der Waals surface area contributed by atoms with Crippen molar-refractivity contribution in [2.75, 3.05) is 7.05 Å². The molecule has 1 aromatic carbocycles. The van der Waals surface area contributed by atoms with E-state index in [2.05, 4.69) is 38.8 Å². The van der Waals surface area contributed by atoms with Crippen LogP contribution in [0.1, 0.15) is 25.0 Å². The number of nitrogens with one attached hydrogen (secondary N) is 2. The molecule has 3 unspecified atom stereocenters. The van der Waals surface area contributed by atoms with Crippen LogP contribution in [0.4, 0.5) is 0 Å². The van der Waals surface area contributed by atoms with Crippen LogP contribution >= 0.6 is 24.0 Å². The van der Waals surface area contributed by atoms with E-state index in [1.54, 1.807) is 7.05 Å². The van der Waals surface area contributed by atoms with Gasteiger partial charge in [-0.25, -0.2) is 0 Å². The van der Waals surface area contributed by atoms with Crippen LogP contribution in [-0.2, 0) is 11.3 Å². The monoisotopic (exact) mass is 438 g/mol. The van der Waals surface area contributed by atoms with Crippen molar-refractivity contribution in [3.63, 3.8) is 0 Å². The molecule has 2 fully saturated rings. The third-order valence-electron chi connectivity index (χ3n) is 4.83. The molecule has 4 rings (SSSR count). The normalized spacial score (nSPS) is 25.5. The minimum atomic E-state index is 0. The summed E-state index contributed by atoms with van der Waals surface area (Å²) in [6.45, 7) is 0.655. The summed E-state index contributed by atoms with van der Waals surface area (Å²) < 4.78 is 5.89. The average molecular weight is 438 g/mol. The van der Waals surface area contributed by atoms with E-state index < -0.39 is 0 Å². The van der Waals surface area contributed by atoms with Crippen LogP contribution in [0.25, 0.3) is 10.8 Å². The van der Waals surface area contributed by atoms with E-state index in [1.807, 2.05) is 18.3 Å². The molecule has 6 heteroatoms. The molecular formula is C18H23IN4O. The summed E-state index contributed by atoms with van der Waals surface area (Å²) in [5.74, 6) is 0.820. The Kier molecular flexibility index (Phi) is 5.55. The Bertz CT molecular complexity index is 731. The van der Waals surface area contributed by atoms with Gasteiger partial charge in [0.25, 0.3) is 0 Å². The van der Waals surface area contributed by atoms with Crippen molar-refractivity contribution in [2.45, 2.75) is 44.1 Å². The Hall–Kier alpha value is -1.41. The van der Waals surface area contributed by atoms with Gasteiger partial charge in [0.05, 0.1) is 30.5 Å². The lowest BCUT2D eigenvalue weighted by Gasteiger charge is -2.22. The van der Waals surface area contributed by atoms with E-state index in [1.165, 1.54) is 17.2 Å². The van der Waals surface area contributed by atoms with Gasteiger partial charge in [0, 0.05) is 18.6 Å². The first-order valence-corrected chi connectivity index (χ1v) is 8.29. The number of pyridine rings is 1. The first kappa shape index (κ1) is 17.4. The molecule has 128 valence electrons. The van der Waals surface area contributed by atoms with Crippen LogP contribution < -0.4 is 10.6 Å². The molecule has 2 aromatic rings. The Morgan fingerprint density at radius 3 is 2.92 bits per heavy atom. The lowest BCUT2D eigenvalue weighted by atomic mass is 9.96. The number of aliphatic imine (C=N–C) groups is 1. The highest BCUT2D eigenvalue weighted by Gasteiger charge is 2.41. The number of benzene rings is 1. The van der Waals surface area contributed by atoms with E-state index in [4.69, 9.17) is 4.74 Å². The SMILES string of the molecule is CN=C(NCc1nccc2ccccc12)NC1CC2CCC1O2.I. The number of ether oxygens (including phenoxy) is 1. The quantitative estimate of drug-likeness (QED) is 0.440. The summed E-state index contributed by atoms with van der Waals surface area (Å²) in [4.78, 5) is 8.85. The van der Waals surface area contributed by atoms with Gasteiger partial charge in [-0.3, -0.25) is 9.98 Å². The highest BCUT2D eigenvalue weighted by molar-refractivity contribution is 14.0. The van der Waals surface area contributed by atoms with Crippen LogP contribution in [-0.4, -0.2) is 36.2 Å². The lowest BCUT2D eigenvalue weighted by molar-refractivity contribution is 0.0992. The number of aromatic nitrogens is 1. The van der Waals surface area contributed by atoms with E-state index in [0.29, 0.717) is 24.8 Å². The zero-order valence-corrected chi connectivity index (χ0v) is 16.1. The Balaban J connectivity index is 0.00000169. The molecule has 0 radical (unpaired) electrons. The Labute approximate surface area is 159 Å². The molecule has 2 N–H and O–H groups in total. The number of rotatable bonds is 3. The molecule has 2 aliphatic heterocycles. The molecule has 3 atom stereocenters. The summed E-state index contributed by atoms with van der Waals surface area (Å²) in [6.07, 6.45) is 6.08. The zero-order chi connectivity index (χ0) is 15.6. The predicted molar refractivity (Wildman–Crippen MR) is 107 cm³/mol. The van der Waals surface area contributed by atoms with E-state index in [0.717, 1.165) is 24.5 Å². The molecule has 0 aliphatic carbocycles. The molecular weight excluding hydrogens is 415 g/mol. The van der Waals surface area contributed by atoms with Gasteiger partial charge in [0.2, 0.25) is 0 Å². The lowest BCUT2D eigenvalue weighted by Crippen LogP contribution is -2.47. The first-order chi connectivity index (χ1) is 11.3. The van der Waals surface area contributed by atoms with E-state index >= 15 is 0 Å². The second-order valence-electron chi connectivity index (χ2n) is 6.26. The van der Waals surface area contributed by atoms with Crippen LogP contribution in [0.2, 0.25) is 0 Å². The maximum Gasteiger partial charge on any atom is 0.191 e. The van der Waals surface area contributed by atoms with Gasteiger partial charge >= 0.3 is 0 Å².